The van der Waals surface area contributed by atoms with Gasteiger partial charge < -0.3 is 15.5 Å². The fourth-order valence-corrected chi connectivity index (χ4v) is 4.61. The average Bonchev–Trinajstić information content (AvgIpc) is 3.45. The van der Waals surface area contributed by atoms with Crippen LogP contribution in [0.15, 0.2) is 30.5 Å². The van der Waals surface area contributed by atoms with E-state index in [1.54, 1.807) is 12.1 Å². The van der Waals surface area contributed by atoms with Gasteiger partial charge >= 0.3 is 0 Å². The van der Waals surface area contributed by atoms with E-state index in [1.807, 2.05) is 42.2 Å². The number of nitrogens with two attached hydrogens (primary N) is 1. The number of carbonyl (C=O) groups excluding carboxylic acids is 2. The highest BCUT2D eigenvalue weighted by molar-refractivity contribution is 5.93. The van der Waals surface area contributed by atoms with Crippen molar-refractivity contribution in [3.63, 3.8) is 0 Å². The predicted molar refractivity (Wildman–Crippen MR) is 116 cm³/mol. The lowest BCUT2D eigenvalue weighted by molar-refractivity contribution is -0.136. The number of aromatic nitrogens is 2. The molecule has 2 aromatic rings. The van der Waals surface area contributed by atoms with Crippen LogP contribution < -0.4 is 10.6 Å². The molecule has 0 bridgehead atoms. The normalized spacial score (nSPS) is 19.3. The largest absolute Gasteiger partial charge is 0.366 e. The van der Waals surface area contributed by atoms with E-state index in [0.717, 1.165) is 61.9 Å². The summed E-state index contributed by atoms with van der Waals surface area (Å²) in [4.78, 5) is 38.0. The van der Waals surface area contributed by atoms with E-state index in [1.165, 1.54) is 0 Å². The maximum Gasteiger partial charge on any atom is 0.248 e. The Morgan fingerprint density at radius 2 is 1.77 bits per heavy atom. The molecule has 4 rings (SSSR count). The minimum Gasteiger partial charge on any atom is -0.366 e. The Balaban J connectivity index is 1.73. The van der Waals surface area contributed by atoms with E-state index in [4.69, 9.17) is 10.7 Å². The van der Waals surface area contributed by atoms with Gasteiger partial charge in [-0.3, -0.25) is 9.59 Å². The van der Waals surface area contributed by atoms with Crippen molar-refractivity contribution in [1.82, 2.24) is 14.9 Å². The summed E-state index contributed by atoms with van der Waals surface area (Å²) in [5, 5.41) is 0. The lowest BCUT2D eigenvalue weighted by Crippen LogP contribution is -2.35. The molecular weight excluding hydrogens is 378 g/mol. The SMILES string of the molecule is CN(C)c1ncc(-c2ccc(C(N)=O)cc2)c([C@H]2CCCN2C(=O)C2CCCC2)n1. The molecule has 1 aliphatic carbocycles. The second-order valence-corrected chi connectivity index (χ2v) is 8.48. The van der Waals surface area contributed by atoms with Gasteiger partial charge in [0.2, 0.25) is 17.8 Å². The molecule has 2 fully saturated rings. The third-order valence-electron chi connectivity index (χ3n) is 6.24. The number of benzene rings is 1. The molecule has 2 aliphatic rings. The quantitative estimate of drug-likeness (QED) is 0.822. The van der Waals surface area contributed by atoms with Crippen LogP contribution in [0.5, 0.6) is 0 Å². The topological polar surface area (TPSA) is 92.4 Å². The van der Waals surface area contributed by atoms with E-state index in [2.05, 4.69) is 4.98 Å². The molecule has 0 radical (unpaired) electrons. The molecule has 30 heavy (non-hydrogen) atoms. The third-order valence-corrected chi connectivity index (χ3v) is 6.24. The molecule has 1 aromatic heterocycles. The Labute approximate surface area is 177 Å². The molecule has 1 aromatic carbocycles. The zero-order valence-electron chi connectivity index (χ0n) is 17.7. The van der Waals surface area contributed by atoms with Crippen LogP contribution in [-0.4, -0.2) is 47.3 Å². The second-order valence-electron chi connectivity index (χ2n) is 8.48. The van der Waals surface area contributed by atoms with Crippen molar-refractivity contribution < 1.29 is 9.59 Å². The molecule has 158 valence electrons. The van der Waals surface area contributed by atoms with Crippen LogP contribution in [-0.2, 0) is 4.79 Å². The Bertz CT molecular complexity index is 935. The predicted octanol–water partition coefficient (Wildman–Crippen LogP) is 3.16. The molecule has 2 N–H and O–H groups in total. The number of hydrogen-bond donors (Lipinski definition) is 1. The van der Waals surface area contributed by atoms with Gasteiger partial charge in [0.05, 0.1) is 11.7 Å². The van der Waals surface area contributed by atoms with E-state index in [-0.39, 0.29) is 17.9 Å². The first-order chi connectivity index (χ1) is 14.5. The number of likely N-dealkylation sites (tertiary alicyclic amines) is 1. The van der Waals surface area contributed by atoms with Crippen LogP contribution in [0.1, 0.15) is 60.6 Å². The first-order valence-electron chi connectivity index (χ1n) is 10.7. The van der Waals surface area contributed by atoms with Gasteiger partial charge in [-0.25, -0.2) is 9.97 Å². The fourth-order valence-electron chi connectivity index (χ4n) is 4.61. The maximum absolute atomic E-state index is 13.2. The van der Waals surface area contributed by atoms with Gasteiger partial charge in [-0.1, -0.05) is 25.0 Å². The van der Waals surface area contributed by atoms with Crippen molar-refractivity contribution in [1.29, 1.82) is 0 Å². The Morgan fingerprint density at radius 1 is 1.07 bits per heavy atom. The number of hydrogen-bond acceptors (Lipinski definition) is 5. The van der Waals surface area contributed by atoms with Crippen molar-refractivity contribution in [3.8, 4) is 11.1 Å². The average molecular weight is 408 g/mol. The summed E-state index contributed by atoms with van der Waals surface area (Å²) in [5.41, 5.74) is 8.54. The molecule has 7 nitrogen and oxygen atoms in total. The van der Waals surface area contributed by atoms with Crippen molar-refractivity contribution in [3.05, 3.63) is 41.7 Å². The molecule has 2 heterocycles. The number of amides is 2. The highest BCUT2D eigenvalue weighted by Gasteiger charge is 2.37. The van der Waals surface area contributed by atoms with Crippen molar-refractivity contribution in [2.45, 2.75) is 44.6 Å². The van der Waals surface area contributed by atoms with Gasteiger partial charge in [0, 0.05) is 43.9 Å². The fraction of sp³-hybridized carbons (Fsp3) is 0.478. The zero-order valence-corrected chi connectivity index (χ0v) is 17.7. The summed E-state index contributed by atoms with van der Waals surface area (Å²) in [6.45, 7) is 0.779. The van der Waals surface area contributed by atoms with Crippen molar-refractivity contribution in [2.75, 3.05) is 25.5 Å². The molecule has 1 saturated carbocycles. The van der Waals surface area contributed by atoms with Crippen LogP contribution in [0.4, 0.5) is 5.95 Å². The smallest absolute Gasteiger partial charge is 0.248 e. The zero-order chi connectivity index (χ0) is 21.3. The highest BCUT2D eigenvalue weighted by Crippen LogP contribution is 2.39. The first kappa shape index (κ1) is 20.3. The van der Waals surface area contributed by atoms with Crippen LogP contribution in [0.25, 0.3) is 11.1 Å². The van der Waals surface area contributed by atoms with E-state index < -0.39 is 5.91 Å². The van der Waals surface area contributed by atoms with Crippen LogP contribution in [0.3, 0.4) is 0 Å². The van der Waals surface area contributed by atoms with Crippen LogP contribution in [0, 0.1) is 5.92 Å². The molecule has 2 amide bonds. The summed E-state index contributed by atoms with van der Waals surface area (Å²) in [7, 11) is 3.83. The molecule has 0 unspecified atom stereocenters. The van der Waals surface area contributed by atoms with E-state index in [0.29, 0.717) is 11.5 Å². The summed E-state index contributed by atoms with van der Waals surface area (Å²) >= 11 is 0. The monoisotopic (exact) mass is 407 g/mol. The van der Waals surface area contributed by atoms with Crippen molar-refractivity contribution in [2.24, 2.45) is 11.7 Å². The molecule has 1 aliphatic heterocycles. The molecule has 7 heteroatoms. The van der Waals surface area contributed by atoms with Gasteiger partial charge in [0.15, 0.2) is 0 Å². The lowest BCUT2D eigenvalue weighted by atomic mass is 9.98. The summed E-state index contributed by atoms with van der Waals surface area (Å²) in [5.74, 6) is 0.599. The van der Waals surface area contributed by atoms with Gasteiger partial charge in [-0.15, -0.1) is 0 Å². The summed E-state index contributed by atoms with van der Waals surface area (Å²) in [6.07, 6.45) is 7.98. The van der Waals surface area contributed by atoms with E-state index >= 15 is 0 Å². The standard InChI is InChI=1S/C23H29N5O2/c1-27(2)23-25-14-18(15-9-11-16(12-10-15)21(24)29)20(26-23)19-8-5-13-28(19)22(30)17-6-3-4-7-17/h9-12,14,17,19H,3-8,13H2,1-2H3,(H2,24,29)/t19-/m1/s1. The maximum atomic E-state index is 13.2. The minimum atomic E-state index is -0.454. The minimum absolute atomic E-state index is 0.0504. The van der Waals surface area contributed by atoms with Gasteiger partial charge in [-0.2, -0.15) is 0 Å². The number of anilines is 1. The van der Waals surface area contributed by atoms with Crippen LogP contribution in [0.2, 0.25) is 0 Å². The molecule has 1 saturated heterocycles. The first-order valence-corrected chi connectivity index (χ1v) is 10.7. The number of nitrogens with zero attached hydrogens (tertiary/aromatic N) is 4. The number of rotatable bonds is 5. The highest BCUT2D eigenvalue weighted by atomic mass is 16.2. The van der Waals surface area contributed by atoms with Gasteiger partial charge in [-0.05, 0) is 43.4 Å². The van der Waals surface area contributed by atoms with E-state index in [9.17, 15) is 9.59 Å². The molecular formula is C23H29N5O2. The van der Waals surface area contributed by atoms with Crippen LogP contribution >= 0.6 is 0 Å². The third kappa shape index (κ3) is 3.88. The lowest BCUT2D eigenvalue weighted by Gasteiger charge is -2.29. The van der Waals surface area contributed by atoms with Crippen molar-refractivity contribution >= 4 is 17.8 Å². The Morgan fingerprint density at radius 3 is 2.40 bits per heavy atom. The molecule has 0 spiro atoms. The second kappa shape index (κ2) is 8.42. The number of primary amides is 1. The summed E-state index contributed by atoms with van der Waals surface area (Å²) in [6, 6.07) is 7.13. The molecule has 1 atom stereocenters. The Kier molecular flexibility index (Phi) is 5.70. The Hall–Kier alpha value is -2.96. The van der Waals surface area contributed by atoms with Gasteiger partial charge in [0.25, 0.3) is 0 Å². The number of carbonyl (C=O) groups is 2. The summed E-state index contributed by atoms with van der Waals surface area (Å²) < 4.78 is 0. The van der Waals surface area contributed by atoms with Gasteiger partial charge in [0.1, 0.15) is 0 Å².